The van der Waals surface area contributed by atoms with E-state index in [4.69, 9.17) is 4.74 Å². The summed E-state index contributed by atoms with van der Waals surface area (Å²) in [6, 6.07) is 9.44. The fraction of sp³-hybridized carbons (Fsp3) is 0.417. The molecular weight excluding hydrogens is 209 g/mol. The van der Waals surface area contributed by atoms with E-state index in [2.05, 4.69) is 0 Å². The standard InChI is InChI=1S/C12H14FNO2/c13-11-6-7-14(8-11)12(15)16-9-10-4-2-1-3-5-10/h1-5,11H,6-9H2/t11-/m1/s1. The van der Waals surface area contributed by atoms with Gasteiger partial charge in [-0.05, 0) is 12.0 Å². The number of rotatable bonds is 2. The molecule has 3 nitrogen and oxygen atoms in total. The van der Waals surface area contributed by atoms with Crippen LogP contribution >= 0.6 is 0 Å². The smallest absolute Gasteiger partial charge is 0.410 e. The Morgan fingerprint density at radius 1 is 1.44 bits per heavy atom. The monoisotopic (exact) mass is 223 g/mol. The second-order valence-electron chi connectivity index (χ2n) is 3.87. The summed E-state index contributed by atoms with van der Waals surface area (Å²) < 4.78 is 17.9. The van der Waals surface area contributed by atoms with E-state index in [0.29, 0.717) is 13.0 Å². The van der Waals surface area contributed by atoms with Crippen LogP contribution in [0, 0.1) is 0 Å². The third-order valence-electron chi connectivity index (χ3n) is 2.59. The fourth-order valence-electron chi connectivity index (χ4n) is 1.69. The third kappa shape index (κ3) is 2.72. The van der Waals surface area contributed by atoms with Crippen LogP contribution in [-0.2, 0) is 11.3 Å². The van der Waals surface area contributed by atoms with Crippen LogP contribution in [-0.4, -0.2) is 30.3 Å². The van der Waals surface area contributed by atoms with Crippen molar-refractivity contribution in [2.24, 2.45) is 0 Å². The van der Waals surface area contributed by atoms with Gasteiger partial charge in [-0.15, -0.1) is 0 Å². The van der Waals surface area contributed by atoms with Crippen molar-refractivity contribution in [3.05, 3.63) is 35.9 Å². The zero-order chi connectivity index (χ0) is 11.4. The number of hydrogen-bond acceptors (Lipinski definition) is 2. The van der Waals surface area contributed by atoms with E-state index in [9.17, 15) is 9.18 Å². The van der Waals surface area contributed by atoms with E-state index in [1.54, 1.807) is 0 Å². The minimum Gasteiger partial charge on any atom is -0.445 e. The van der Waals surface area contributed by atoms with Crippen LogP contribution in [0.25, 0.3) is 0 Å². The van der Waals surface area contributed by atoms with E-state index in [-0.39, 0.29) is 13.2 Å². The number of alkyl halides is 1. The predicted molar refractivity (Wildman–Crippen MR) is 57.7 cm³/mol. The van der Waals surface area contributed by atoms with Gasteiger partial charge >= 0.3 is 6.09 Å². The highest BCUT2D eigenvalue weighted by molar-refractivity contribution is 5.68. The van der Waals surface area contributed by atoms with Gasteiger partial charge in [-0.3, -0.25) is 0 Å². The number of nitrogens with zero attached hydrogens (tertiary/aromatic N) is 1. The molecule has 1 heterocycles. The molecule has 1 saturated heterocycles. The van der Waals surface area contributed by atoms with Crippen LogP contribution in [0.1, 0.15) is 12.0 Å². The Morgan fingerprint density at radius 2 is 2.19 bits per heavy atom. The molecule has 0 aromatic heterocycles. The minimum absolute atomic E-state index is 0.160. The SMILES string of the molecule is O=C(OCc1ccccc1)N1CC[C@@H](F)C1. The van der Waals surface area contributed by atoms with Gasteiger partial charge < -0.3 is 9.64 Å². The lowest BCUT2D eigenvalue weighted by Gasteiger charge is -2.14. The van der Waals surface area contributed by atoms with E-state index in [1.165, 1.54) is 4.90 Å². The van der Waals surface area contributed by atoms with Gasteiger partial charge in [-0.2, -0.15) is 0 Å². The summed E-state index contributed by atoms with van der Waals surface area (Å²) in [5, 5.41) is 0. The molecule has 0 N–H and O–H groups in total. The molecule has 1 aromatic rings. The highest BCUT2D eigenvalue weighted by Gasteiger charge is 2.26. The molecule has 0 radical (unpaired) electrons. The first-order valence-corrected chi connectivity index (χ1v) is 5.35. The van der Waals surface area contributed by atoms with Crippen molar-refractivity contribution in [1.82, 2.24) is 4.90 Å². The fourth-order valence-corrected chi connectivity index (χ4v) is 1.69. The first kappa shape index (κ1) is 10.9. The maximum Gasteiger partial charge on any atom is 0.410 e. The Labute approximate surface area is 93.8 Å². The Balaban J connectivity index is 1.80. The van der Waals surface area contributed by atoms with Crippen LogP contribution in [0.5, 0.6) is 0 Å². The van der Waals surface area contributed by atoms with Crippen LogP contribution in [0.15, 0.2) is 30.3 Å². The van der Waals surface area contributed by atoms with Crippen molar-refractivity contribution < 1.29 is 13.9 Å². The maximum atomic E-state index is 12.8. The number of amides is 1. The Bertz CT molecular complexity index is 355. The molecule has 1 aromatic carbocycles. The van der Waals surface area contributed by atoms with Crippen LogP contribution in [0.2, 0.25) is 0 Å². The summed E-state index contributed by atoms with van der Waals surface area (Å²) in [5.41, 5.74) is 0.937. The number of hydrogen-bond donors (Lipinski definition) is 0. The molecule has 0 unspecified atom stereocenters. The van der Waals surface area contributed by atoms with E-state index in [1.807, 2.05) is 30.3 Å². The van der Waals surface area contributed by atoms with Crippen molar-refractivity contribution in [1.29, 1.82) is 0 Å². The molecule has 1 atom stereocenters. The van der Waals surface area contributed by atoms with Gasteiger partial charge in [-0.1, -0.05) is 30.3 Å². The van der Waals surface area contributed by atoms with Crippen molar-refractivity contribution in [3.63, 3.8) is 0 Å². The van der Waals surface area contributed by atoms with Gasteiger partial charge in [0.25, 0.3) is 0 Å². The van der Waals surface area contributed by atoms with Crippen molar-refractivity contribution in [2.75, 3.05) is 13.1 Å². The Kier molecular flexibility index (Phi) is 3.39. The van der Waals surface area contributed by atoms with Gasteiger partial charge in [0.15, 0.2) is 0 Å². The molecule has 1 aliphatic rings. The average Bonchev–Trinajstić information content (AvgIpc) is 2.74. The topological polar surface area (TPSA) is 29.5 Å². The molecule has 2 rings (SSSR count). The molecule has 0 spiro atoms. The number of likely N-dealkylation sites (tertiary alicyclic amines) is 1. The third-order valence-corrected chi connectivity index (χ3v) is 2.59. The largest absolute Gasteiger partial charge is 0.445 e. The molecule has 1 amide bonds. The lowest BCUT2D eigenvalue weighted by atomic mass is 10.2. The first-order valence-electron chi connectivity index (χ1n) is 5.35. The van der Waals surface area contributed by atoms with Gasteiger partial charge in [0, 0.05) is 6.54 Å². The molecule has 4 heteroatoms. The Hall–Kier alpha value is -1.58. The highest BCUT2D eigenvalue weighted by Crippen LogP contribution is 2.13. The lowest BCUT2D eigenvalue weighted by Crippen LogP contribution is -2.29. The summed E-state index contributed by atoms with van der Waals surface area (Å²) in [7, 11) is 0. The molecule has 86 valence electrons. The predicted octanol–water partition coefficient (Wildman–Crippen LogP) is 2.37. The summed E-state index contributed by atoms with van der Waals surface area (Å²) in [6.45, 7) is 0.857. The number of carbonyl (C=O) groups excluding carboxylic acids is 1. The quantitative estimate of drug-likeness (QED) is 0.770. The Morgan fingerprint density at radius 3 is 2.81 bits per heavy atom. The van der Waals surface area contributed by atoms with E-state index in [0.717, 1.165) is 5.56 Å². The molecule has 0 bridgehead atoms. The van der Waals surface area contributed by atoms with Crippen LogP contribution in [0.4, 0.5) is 9.18 Å². The van der Waals surface area contributed by atoms with Gasteiger partial charge in [0.1, 0.15) is 12.8 Å². The summed E-state index contributed by atoms with van der Waals surface area (Å²) in [4.78, 5) is 12.9. The molecule has 16 heavy (non-hydrogen) atoms. The minimum atomic E-state index is -0.899. The van der Waals surface area contributed by atoms with Crippen molar-refractivity contribution in [3.8, 4) is 0 Å². The molecule has 0 aliphatic carbocycles. The summed E-state index contributed by atoms with van der Waals surface area (Å²) in [5.74, 6) is 0. The highest BCUT2D eigenvalue weighted by atomic mass is 19.1. The van der Waals surface area contributed by atoms with E-state index < -0.39 is 12.3 Å². The zero-order valence-corrected chi connectivity index (χ0v) is 8.93. The maximum absolute atomic E-state index is 12.8. The van der Waals surface area contributed by atoms with Gasteiger partial charge in [0.2, 0.25) is 0 Å². The summed E-state index contributed by atoms with van der Waals surface area (Å²) in [6.07, 6.45) is -0.909. The molecule has 1 fully saturated rings. The molecule has 1 aliphatic heterocycles. The lowest BCUT2D eigenvalue weighted by molar-refractivity contribution is 0.102. The van der Waals surface area contributed by atoms with Crippen molar-refractivity contribution >= 4 is 6.09 Å². The van der Waals surface area contributed by atoms with Crippen molar-refractivity contribution in [2.45, 2.75) is 19.2 Å². The van der Waals surface area contributed by atoms with Crippen LogP contribution < -0.4 is 0 Å². The molecular formula is C12H14FNO2. The second kappa shape index (κ2) is 4.96. The molecule has 0 saturated carbocycles. The first-order chi connectivity index (χ1) is 7.75. The zero-order valence-electron chi connectivity index (χ0n) is 8.93. The van der Waals surface area contributed by atoms with Gasteiger partial charge in [0.05, 0.1) is 6.54 Å². The summed E-state index contributed by atoms with van der Waals surface area (Å²) >= 11 is 0. The van der Waals surface area contributed by atoms with E-state index >= 15 is 0 Å². The van der Waals surface area contributed by atoms with Gasteiger partial charge in [-0.25, -0.2) is 9.18 Å². The number of ether oxygens (including phenoxy) is 1. The second-order valence-corrected chi connectivity index (χ2v) is 3.87. The normalized spacial score (nSPS) is 19.8. The van der Waals surface area contributed by atoms with Crippen LogP contribution in [0.3, 0.4) is 0 Å². The average molecular weight is 223 g/mol. The number of carbonyl (C=O) groups is 1. The number of benzene rings is 1. The number of halogens is 1.